The first-order valence-electron chi connectivity index (χ1n) is 13.9. The first-order valence-corrected chi connectivity index (χ1v) is 13.9. The Balaban J connectivity index is 3.11. The van der Waals surface area contributed by atoms with Crippen molar-refractivity contribution in [3.05, 3.63) is 47.5 Å². The molecule has 2 amide bonds. The number of amides is 2. The second-order valence-electron chi connectivity index (χ2n) is 11.9. The Bertz CT molecular complexity index is 1120. The molecule has 0 aliphatic rings. The Morgan fingerprint density at radius 2 is 1.48 bits per heavy atom. The van der Waals surface area contributed by atoms with Crippen LogP contribution in [0.4, 0.5) is 4.79 Å². The number of esters is 2. The lowest BCUT2D eigenvalue weighted by Crippen LogP contribution is -2.50. The number of rotatable bonds is 13. The van der Waals surface area contributed by atoms with Crippen LogP contribution in [0, 0.1) is 5.92 Å². The Morgan fingerprint density at radius 1 is 0.905 bits per heavy atom. The van der Waals surface area contributed by atoms with Crippen molar-refractivity contribution in [3.8, 4) is 0 Å². The van der Waals surface area contributed by atoms with E-state index in [0.717, 1.165) is 9.80 Å². The Hall–Kier alpha value is -3.89. The molecule has 0 heterocycles. The van der Waals surface area contributed by atoms with Gasteiger partial charge in [0.05, 0.1) is 0 Å². The number of aliphatic carboxylic acids is 1. The molecule has 0 fully saturated rings. The summed E-state index contributed by atoms with van der Waals surface area (Å²) in [6.45, 7) is 13.7. The highest BCUT2D eigenvalue weighted by molar-refractivity contribution is 5.91. The lowest BCUT2D eigenvalue weighted by atomic mass is 10.0. The van der Waals surface area contributed by atoms with Crippen molar-refractivity contribution in [2.45, 2.75) is 98.1 Å². The molecule has 42 heavy (non-hydrogen) atoms. The van der Waals surface area contributed by atoms with Gasteiger partial charge in [-0.1, -0.05) is 55.8 Å². The fourth-order valence-corrected chi connectivity index (χ4v) is 3.92. The van der Waals surface area contributed by atoms with E-state index in [2.05, 4.69) is 0 Å². The van der Waals surface area contributed by atoms with Crippen molar-refractivity contribution in [2.75, 3.05) is 14.1 Å². The second-order valence-corrected chi connectivity index (χ2v) is 11.9. The molecule has 0 aliphatic carbocycles. The van der Waals surface area contributed by atoms with Crippen molar-refractivity contribution < 1.29 is 43.3 Å². The highest BCUT2D eigenvalue weighted by Gasteiger charge is 2.37. The molecule has 0 saturated heterocycles. The van der Waals surface area contributed by atoms with Crippen molar-refractivity contribution in [1.82, 2.24) is 9.80 Å². The Kier molecular flexibility index (Phi) is 13.7. The molecule has 234 valence electrons. The summed E-state index contributed by atoms with van der Waals surface area (Å²) in [6, 6.07) is 6.41. The van der Waals surface area contributed by atoms with E-state index in [9.17, 15) is 29.1 Å². The monoisotopic (exact) mass is 590 g/mol. The number of carboxylic acid groups (broad SMARTS) is 1. The molecule has 1 N–H and O–H groups in total. The molecule has 4 atom stereocenters. The highest BCUT2D eigenvalue weighted by atomic mass is 16.6. The summed E-state index contributed by atoms with van der Waals surface area (Å²) >= 11 is 0. The third-order valence-corrected chi connectivity index (χ3v) is 6.05. The number of benzene rings is 1. The van der Waals surface area contributed by atoms with E-state index in [0.29, 0.717) is 11.1 Å². The molecule has 0 unspecified atom stereocenters. The summed E-state index contributed by atoms with van der Waals surface area (Å²) in [7, 11) is 2.76. The highest BCUT2D eigenvalue weighted by Crippen LogP contribution is 2.18. The maximum atomic E-state index is 13.3. The van der Waals surface area contributed by atoms with Crippen molar-refractivity contribution >= 4 is 29.9 Å². The van der Waals surface area contributed by atoms with Crippen LogP contribution in [-0.2, 0) is 39.8 Å². The average Bonchev–Trinajstić information content (AvgIpc) is 2.87. The predicted molar refractivity (Wildman–Crippen MR) is 156 cm³/mol. The molecule has 0 bridgehead atoms. The molecule has 0 aromatic heterocycles. The fraction of sp³-hybridized carbons (Fsp3) is 0.581. The first kappa shape index (κ1) is 36.1. The van der Waals surface area contributed by atoms with Gasteiger partial charge in [-0.2, -0.15) is 0 Å². The molecular formula is C31H46N2O9. The number of allylic oxidation sites excluding steroid dienone is 1. The molecule has 1 aromatic carbocycles. The van der Waals surface area contributed by atoms with Crippen LogP contribution >= 0.6 is 0 Å². The topological polar surface area (TPSA) is 140 Å². The number of nitrogens with zero attached hydrogens (tertiary/aromatic N) is 2. The normalized spacial score (nSPS) is 14.1. The number of ether oxygens (including phenoxy) is 3. The van der Waals surface area contributed by atoms with Crippen LogP contribution < -0.4 is 0 Å². The number of likely N-dealkylation sites (N-methyl/N-ethyl adjacent to an activating group) is 2. The van der Waals surface area contributed by atoms with Gasteiger partial charge in [-0.25, -0.2) is 19.2 Å². The van der Waals surface area contributed by atoms with E-state index in [1.54, 1.807) is 65.0 Å². The zero-order valence-electron chi connectivity index (χ0n) is 26.4. The molecule has 1 rings (SSSR count). The van der Waals surface area contributed by atoms with Gasteiger partial charge in [0.25, 0.3) is 5.91 Å². The molecule has 11 heteroatoms. The van der Waals surface area contributed by atoms with E-state index in [-0.39, 0.29) is 18.8 Å². The van der Waals surface area contributed by atoms with Gasteiger partial charge < -0.3 is 24.2 Å². The smallest absolute Gasteiger partial charge is 0.410 e. The fourth-order valence-electron chi connectivity index (χ4n) is 3.92. The van der Waals surface area contributed by atoms with Crippen LogP contribution in [0.3, 0.4) is 0 Å². The van der Waals surface area contributed by atoms with Gasteiger partial charge in [0.15, 0.2) is 6.10 Å². The largest absolute Gasteiger partial charge is 0.478 e. The van der Waals surface area contributed by atoms with Crippen LogP contribution in [0.15, 0.2) is 42.0 Å². The average molecular weight is 591 g/mol. The third-order valence-electron chi connectivity index (χ3n) is 6.05. The Labute approximate surface area is 248 Å². The van der Waals surface area contributed by atoms with Crippen LogP contribution in [-0.4, -0.2) is 88.8 Å². The summed E-state index contributed by atoms with van der Waals surface area (Å²) in [5.41, 5.74) is 0.555. The summed E-state index contributed by atoms with van der Waals surface area (Å²) in [4.78, 5) is 66.4. The van der Waals surface area contributed by atoms with E-state index >= 15 is 0 Å². The van der Waals surface area contributed by atoms with Crippen LogP contribution in [0.2, 0.25) is 0 Å². The SMILES string of the molecule is CC(C)=C[C@@H](C(=O)O[C@H](Cc1ccccc1)C(=O)O)N(C)C(=O)[C@@H](C)OC(=O)[C@H](CC(C)C)N(C)C(=O)OC(C)(C)C. The Morgan fingerprint density at radius 3 is 1.95 bits per heavy atom. The van der Waals surface area contributed by atoms with Gasteiger partial charge in [-0.05, 0) is 59.4 Å². The molecule has 0 spiro atoms. The van der Waals surface area contributed by atoms with Gasteiger partial charge in [0.2, 0.25) is 6.10 Å². The second kappa shape index (κ2) is 15.9. The summed E-state index contributed by atoms with van der Waals surface area (Å²) in [5.74, 6) is -3.79. The quantitative estimate of drug-likeness (QED) is 0.203. The first-order chi connectivity index (χ1) is 19.3. The van der Waals surface area contributed by atoms with Crippen molar-refractivity contribution in [3.63, 3.8) is 0 Å². The van der Waals surface area contributed by atoms with Crippen LogP contribution in [0.1, 0.15) is 67.4 Å². The summed E-state index contributed by atoms with van der Waals surface area (Å²) < 4.78 is 16.2. The van der Waals surface area contributed by atoms with Gasteiger partial charge in [0.1, 0.15) is 17.7 Å². The van der Waals surface area contributed by atoms with Gasteiger partial charge in [-0.15, -0.1) is 0 Å². The van der Waals surface area contributed by atoms with Crippen LogP contribution in [0.5, 0.6) is 0 Å². The molecule has 11 nitrogen and oxygen atoms in total. The standard InChI is InChI=1S/C31H46N2O9/c1-19(2)16-23(29(38)41-25(27(35)36)18-22-14-12-11-13-15-22)32(9)26(34)21(5)40-28(37)24(17-20(3)4)33(10)30(39)42-31(6,7)8/h11-16,20-21,23-25H,17-18H2,1-10H3,(H,35,36)/t21-,23+,24+,25-/m1/s1. The number of carbonyl (C=O) groups excluding carboxylic acids is 4. The van der Waals surface area contributed by atoms with Gasteiger partial charge >= 0.3 is 24.0 Å². The molecular weight excluding hydrogens is 544 g/mol. The molecule has 1 aromatic rings. The van der Waals surface area contributed by atoms with Crippen molar-refractivity contribution in [1.29, 1.82) is 0 Å². The minimum Gasteiger partial charge on any atom is -0.478 e. The lowest BCUT2D eigenvalue weighted by molar-refractivity contribution is -0.170. The molecule has 0 aliphatic heterocycles. The minimum atomic E-state index is -1.48. The molecule has 0 radical (unpaired) electrons. The third kappa shape index (κ3) is 11.9. The van der Waals surface area contributed by atoms with Crippen molar-refractivity contribution in [2.24, 2.45) is 5.92 Å². The van der Waals surface area contributed by atoms with E-state index in [1.807, 2.05) is 13.8 Å². The summed E-state index contributed by atoms with van der Waals surface area (Å²) in [6.07, 6.45) is -1.85. The zero-order chi connectivity index (χ0) is 32.4. The summed E-state index contributed by atoms with van der Waals surface area (Å²) in [5, 5.41) is 9.68. The van der Waals surface area contributed by atoms with Gasteiger partial charge in [-0.3, -0.25) is 9.69 Å². The van der Waals surface area contributed by atoms with Gasteiger partial charge in [0, 0.05) is 20.5 Å². The number of carbonyl (C=O) groups is 5. The zero-order valence-corrected chi connectivity index (χ0v) is 26.4. The van der Waals surface area contributed by atoms with E-state index in [1.165, 1.54) is 27.1 Å². The number of hydrogen-bond donors (Lipinski definition) is 1. The lowest BCUT2D eigenvalue weighted by Gasteiger charge is -2.32. The maximum Gasteiger partial charge on any atom is 0.410 e. The minimum absolute atomic E-state index is 0.0102. The van der Waals surface area contributed by atoms with E-state index < -0.39 is 59.8 Å². The molecule has 0 saturated carbocycles. The number of hydrogen-bond acceptors (Lipinski definition) is 8. The number of carboxylic acids is 1. The maximum absolute atomic E-state index is 13.3. The predicted octanol–water partition coefficient (Wildman–Crippen LogP) is 4.23. The van der Waals surface area contributed by atoms with Crippen LogP contribution in [0.25, 0.3) is 0 Å². The van der Waals surface area contributed by atoms with E-state index in [4.69, 9.17) is 14.2 Å².